The zero-order chi connectivity index (χ0) is 27.4. The molecule has 0 spiro atoms. The number of halogens is 1. The van der Waals surface area contributed by atoms with E-state index in [0.29, 0.717) is 4.31 Å². The van der Waals surface area contributed by atoms with Gasteiger partial charge in [0.1, 0.15) is 17.5 Å². The highest BCUT2D eigenvalue weighted by Crippen LogP contribution is 2.30. The maximum atomic E-state index is 13.9. The van der Waals surface area contributed by atoms with Crippen molar-refractivity contribution in [2.45, 2.75) is 43.8 Å². The monoisotopic (exact) mass is 597 g/mol. The van der Waals surface area contributed by atoms with Crippen LogP contribution in [0.15, 0.2) is 88.2 Å². The summed E-state index contributed by atoms with van der Waals surface area (Å²) in [5.41, 5.74) is 1.61. The van der Waals surface area contributed by atoms with Crippen LogP contribution in [-0.4, -0.2) is 54.0 Å². The summed E-state index contributed by atoms with van der Waals surface area (Å²) in [6.07, 6.45) is 0.211. The van der Waals surface area contributed by atoms with Crippen molar-refractivity contribution in [3.8, 4) is 0 Å². The number of sulfonamides is 1. The molecule has 38 heavy (non-hydrogen) atoms. The molecule has 1 N–H and O–H groups in total. The summed E-state index contributed by atoms with van der Waals surface area (Å²) in [5, 5.41) is 2.89. The second-order valence-corrected chi connectivity index (χ2v) is 12.1. The van der Waals surface area contributed by atoms with Gasteiger partial charge in [-0.05, 0) is 49.2 Å². The predicted octanol–water partition coefficient (Wildman–Crippen LogP) is 3.76. The highest BCUT2D eigenvalue weighted by Gasteiger charge is 2.43. The Kier molecular flexibility index (Phi) is 8.32. The fraction of sp³-hybridized carbons (Fsp3) is 0.250. The molecule has 0 bridgehead atoms. The van der Waals surface area contributed by atoms with Gasteiger partial charge in [0.2, 0.25) is 11.8 Å². The molecule has 4 rings (SSSR count). The molecule has 3 aromatic carbocycles. The Morgan fingerprint density at radius 3 is 2.18 bits per heavy atom. The number of rotatable bonds is 9. The van der Waals surface area contributed by atoms with Gasteiger partial charge in [-0.1, -0.05) is 70.5 Å². The summed E-state index contributed by atoms with van der Waals surface area (Å²) in [4.78, 5) is 41.5. The van der Waals surface area contributed by atoms with Crippen LogP contribution in [0.5, 0.6) is 0 Å². The molecule has 0 aromatic heterocycles. The number of nitrogens with one attached hydrogen (secondary N) is 1. The van der Waals surface area contributed by atoms with E-state index in [1.807, 2.05) is 68.4 Å². The minimum atomic E-state index is -4.20. The Balaban J connectivity index is 1.71. The molecule has 1 unspecified atom stereocenters. The van der Waals surface area contributed by atoms with Gasteiger partial charge in [0.05, 0.1) is 5.56 Å². The van der Waals surface area contributed by atoms with Gasteiger partial charge in [-0.15, -0.1) is 0 Å². The van der Waals surface area contributed by atoms with Crippen LogP contribution in [0, 0.1) is 0 Å². The Hall–Kier alpha value is -3.50. The van der Waals surface area contributed by atoms with Crippen molar-refractivity contribution >= 4 is 43.7 Å². The van der Waals surface area contributed by atoms with Crippen molar-refractivity contribution in [2.75, 3.05) is 6.54 Å². The zero-order valence-electron chi connectivity index (χ0n) is 21.0. The second-order valence-electron chi connectivity index (χ2n) is 9.33. The largest absolute Gasteiger partial charge is 0.352 e. The minimum absolute atomic E-state index is 0.0261. The van der Waals surface area contributed by atoms with E-state index in [2.05, 4.69) is 21.2 Å². The Labute approximate surface area is 230 Å². The normalized spacial score (nSPS) is 14.7. The fourth-order valence-corrected chi connectivity index (χ4v) is 6.10. The van der Waals surface area contributed by atoms with E-state index < -0.39 is 34.4 Å². The second kappa shape index (κ2) is 11.5. The zero-order valence-corrected chi connectivity index (χ0v) is 23.4. The fourth-order valence-electron chi connectivity index (χ4n) is 4.32. The number of amides is 3. The number of carbonyl (C=O) groups excluding carboxylic acids is 3. The van der Waals surface area contributed by atoms with E-state index >= 15 is 0 Å². The standard InChI is InChI=1S/C28H28BrN3O5S/c1-19(2)30-27(34)24(16-20-8-4-3-5-9-20)31(17-21-12-14-22(29)15-13-21)26(33)18-32-28(35)23-10-6-7-11-25(23)38(32,36)37/h3-15,19,24H,16-18H2,1-2H3,(H,30,34). The molecular weight excluding hydrogens is 570 g/mol. The van der Waals surface area contributed by atoms with Gasteiger partial charge < -0.3 is 10.2 Å². The van der Waals surface area contributed by atoms with Crippen LogP contribution in [0.1, 0.15) is 35.3 Å². The van der Waals surface area contributed by atoms with Gasteiger partial charge in [-0.3, -0.25) is 14.4 Å². The van der Waals surface area contributed by atoms with Crippen LogP contribution in [0.2, 0.25) is 0 Å². The summed E-state index contributed by atoms with van der Waals surface area (Å²) in [7, 11) is -4.20. The maximum absolute atomic E-state index is 13.9. The summed E-state index contributed by atoms with van der Waals surface area (Å²) in [6, 6.07) is 21.3. The molecule has 0 radical (unpaired) electrons. The average Bonchev–Trinajstić information content (AvgIpc) is 3.08. The summed E-state index contributed by atoms with van der Waals surface area (Å²) in [5.74, 6) is -1.78. The van der Waals surface area contributed by atoms with E-state index in [0.717, 1.165) is 15.6 Å². The lowest BCUT2D eigenvalue weighted by Crippen LogP contribution is -2.54. The lowest BCUT2D eigenvalue weighted by molar-refractivity contribution is -0.141. The Morgan fingerprint density at radius 1 is 0.921 bits per heavy atom. The highest BCUT2D eigenvalue weighted by molar-refractivity contribution is 9.10. The van der Waals surface area contributed by atoms with Crippen LogP contribution in [0.3, 0.4) is 0 Å². The number of hydrogen-bond donors (Lipinski definition) is 1. The number of benzene rings is 3. The molecule has 3 aromatic rings. The minimum Gasteiger partial charge on any atom is -0.352 e. The van der Waals surface area contributed by atoms with Crippen molar-refractivity contribution < 1.29 is 22.8 Å². The third-order valence-corrected chi connectivity index (χ3v) is 8.47. The van der Waals surface area contributed by atoms with Crippen molar-refractivity contribution in [2.24, 2.45) is 0 Å². The molecule has 10 heteroatoms. The molecule has 3 amide bonds. The van der Waals surface area contributed by atoms with Crippen molar-refractivity contribution in [1.29, 1.82) is 0 Å². The summed E-state index contributed by atoms with van der Waals surface area (Å²) >= 11 is 3.40. The molecule has 0 fully saturated rings. The maximum Gasteiger partial charge on any atom is 0.269 e. The van der Waals surface area contributed by atoms with Crippen LogP contribution in [0.4, 0.5) is 0 Å². The summed E-state index contributed by atoms with van der Waals surface area (Å²) < 4.78 is 27.7. The lowest BCUT2D eigenvalue weighted by atomic mass is 10.0. The molecule has 8 nitrogen and oxygen atoms in total. The first-order valence-electron chi connectivity index (χ1n) is 12.1. The molecule has 1 atom stereocenters. The quantitative estimate of drug-likeness (QED) is 0.404. The van der Waals surface area contributed by atoms with Crippen molar-refractivity contribution in [1.82, 2.24) is 14.5 Å². The van der Waals surface area contributed by atoms with Crippen LogP contribution in [-0.2, 0) is 32.6 Å². The van der Waals surface area contributed by atoms with Crippen LogP contribution < -0.4 is 5.32 Å². The van der Waals surface area contributed by atoms with Crippen molar-refractivity contribution in [3.63, 3.8) is 0 Å². The topological polar surface area (TPSA) is 104 Å². The van der Waals surface area contributed by atoms with E-state index in [1.165, 1.54) is 23.1 Å². The molecule has 0 saturated heterocycles. The molecule has 1 aliphatic heterocycles. The number of fused-ring (bicyclic) bond motifs is 1. The van der Waals surface area contributed by atoms with Gasteiger partial charge in [0, 0.05) is 23.5 Å². The average molecular weight is 599 g/mol. The molecule has 0 aliphatic carbocycles. The lowest BCUT2D eigenvalue weighted by Gasteiger charge is -2.33. The smallest absolute Gasteiger partial charge is 0.269 e. The first-order valence-corrected chi connectivity index (χ1v) is 14.4. The third-order valence-electron chi connectivity index (χ3n) is 6.16. The van der Waals surface area contributed by atoms with E-state index in [1.54, 1.807) is 6.07 Å². The Bertz CT molecular complexity index is 1440. The number of nitrogens with zero attached hydrogens (tertiary/aromatic N) is 2. The van der Waals surface area contributed by atoms with Gasteiger partial charge >= 0.3 is 0 Å². The number of hydrogen-bond acceptors (Lipinski definition) is 5. The molecule has 1 aliphatic rings. The number of carbonyl (C=O) groups is 3. The van der Waals surface area contributed by atoms with E-state index in [-0.39, 0.29) is 35.4 Å². The molecular formula is C28H28BrN3O5S. The predicted molar refractivity (Wildman–Crippen MR) is 147 cm³/mol. The van der Waals surface area contributed by atoms with Gasteiger partial charge in [-0.25, -0.2) is 12.7 Å². The third kappa shape index (κ3) is 5.97. The first kappa shape index (κ1) is 27.5. The highest BCUT2D eigenvalue weighted by atomic mass is 79.9. The van der Waals surface area contributed by atoms with Crippen LogP contribution >= 0.6 is 15.9 Å². The van der Waals surface area contributed by atoms with Gasteiger partial charge in [-0.2, -0.15) is 0 Å². The summed E-state index contributed by atoms with van der Waals surface area (Å²) in [6.45, 7) is 2.98. The molecule has 198 valence electrons. The molecule has 1 heterocycles. The van der Waals surface area contributed by atoms with Crippen molar-refractivity contribution in [3.05, 3.63) is 100 Å². The van der Waals surface area contributed by atoms with Gasteiger partial charge in [0.15, 0.2) is 0 Å². The first-order chi connectivity index (χ1) is 18.1. The van der Waals surface area contributed by atoms with Gasteiger partial charge in [0.25, 0.3) is 15.9 Å². The van der Waals surface area contributed by atoms with E-state index in [9.17, 15) is 22.8 Å². The SMILES string of the molecule is CC(C)NC(=O)C(Cc1ccccc1)N(Cc1ccc(Br)cc1)C(=O)CN1C(=O)c2ccccc2S1(=O)=O. The Morgan fingerprint density at radius 2 is 1.55 bits per heavy atom. The molecule has 0 saturated carbocycles. The van der Waals surface area contributed by atoms with Crippen LogP contribution in [0.25, 0.3) is 0 Å². The van der Waals surface area contributed by atoms with E-state index in [4.69, 9.17) is 0 Å².